The van der Waals surface area contributed by atoms with Crippen LogP contribution in [0.25, 0.3) is 22.7 Å². The van der Waals surface area contributed by atoms with Crippen LogP contribution in [0.4, 0.5) is 5.69 Å². The summed E-state index contributed by atoms with van der Waals surface area (Å²) in [6.45, 7) is 4.56. The lowest BCUT2D eigenvalue weighted by atomic mass is 10.1. The first kappa shape index (κ1) is 20.9. The molecule has 8 nitrogen and oxygen atoms in total. The van der Waals surface area contributed by atoms with Crippen LogP contribution in [0.15, 0.2) is 36.4 Å². The number of nitrogens with one attached hydrogen (secondary N) is 1. The number of methoxy groups -OCH3 is 1. The molecule has 1 aromatic heterocycles. The molecule has 0 saturated carbocycles. The highest BCUT2D eigenvalue weighted by molar-refractivity contribution is 5.92. The number of nitrogens with zero attached hydrogens (tertiary/aromatic N) is 3. The summed E-state index contributed by atoms with van der Waals surface area (Å²) >= 11 is 0. The van der Waals surface area contributed by atoms with Gasteiger partial charge in [0.1, 0.15) is 11.9 Å². The molecular weight excluding hydrogens is 384 g/mol. The van der Waals surface area contributed by atoms with Crippen LogP contribution in [0, 0.1) is 27.4 Å². The molecule has 1 heterocycles. The maximum atomic E-state index is 11.7. The fourth-order valence-electron chi connectivity index (χ4n) is 2.91. The molecule has 0 fully saturated rings. The topological polar surface area (TPSA) is 114 Å². The van der Waals surface area contributed by atoms with Gasteiger partial charge in [0.2, 0.25) is 0 Å². The summed E-state index contributed by atoms with van der Waals surface area (Å²) in [7, 11) is 1.47. The quantitative estimate of drug-likeness (QED) is 0.321. The molecule has 1 N–H and O–H groups in total. The van der Waals surface area contributed by atoms with E-state index in [4.69, 9.17) is 9.47 Å². The zero-order valence-electron chi connectivity index (χ0n) is 17.0. The van der Waals surface area contributed by atoms with E-state index in [9.17, 15) is 15.4 Å². The first-order valence-corrected chi connectivity index (χ1v) is 9.49. The van der Waals surface area contributed by atoms with Crippen molar-refractivity contribution in [3.05, 3.63) is 57.9 Å². The molecule has 3 rings (SSSR count). The van der Waals surface area contributed by atoms with Gasteiger partial charge < -0.3 is 14.5 Å². The highest BCUT2D eigenvalue weighted by Crippen LogP contribution is 2.36. The summed E-state index contributed by atoms with van der Waals surface area (Å²) in [5.74, 6) is 1.43. The van der Waals surface area contributed by atoms with Gasteiger partial charge in [-0.2, -0.15) is 5.26 Å². The summed E-state index contributed by atoms with van der Waals surface area (Å²) in [4.78, 5) is 18.6. The molecule has 0 aliphatic heterocycles. The van der Waals surface area contributed by atoms with Crippen molar-refractivity contribution in [3.8, 4) is 17.6 Å². The number of fused-ring (bicyclic) bond motifs is 1. The van der Waals surface area contributed by atoms with Gasteiger partial charge in [0.25, 0.3) is 5.69 Å². The SMILES string of the molecule is COc1cc(C=C(C#N)c2nc3ccccc3[nH]2)c([N+](=O)[O-])cc1OCCC(C)C. The second kappa shape index (κ2) is 9.09. The molecule has 0 aliphatic rings. The maximum absolute atomic E-state index is 11.7. The fraction of sp³-hybridized carbons (Fsp3) is 0.273. The Morgan fingerprint density at radius 1 is 1.33 bits per heavy atom. The van der Waals surface area contributed by atoms with Gasteiger partial charge in [0, 0.05) is 0 Å². The van der Waals surface area contributed by atoms with Gasteiger partial charge in [-0.25, -0.2) is 4.98 Å². The molecule has 8 heteroatoms. The third-order valence-electron chi connectivity index (χ3n) is 4.53. The van der Waals surface area contributed by atoms with E-state index in [-0.39, 0.29) is 16.8 Å². The Hall–Kier alpha value is -3.86. The van der Waals surface area contributed by atoms with Crippen LogP contribution in [0.2, 0.25) is 0 Å². The van der Waals surface area contributed by atoms with Crippen molar-refractivity contribution in [3.63, 3.8) is 0 Å². The monoisotopic (exact) mass is 406 g/mol. The average Bonchev–Trinajstić information content (AvgIpc) is 3.15. The van der Waals surface area contributed by atoms with E-state index >= 15 is 0 Å². The van der Waals surface area contributed by atoms with Crippen molar-refractivity contribution >= 4 is 28.4 Å². The Balaban J connectivity index is 2.04. The minimum absolute atomic E-state index is 0.171. The van der Waals surface area contributed by atoms with E-state index < -0.39 is 4.92 Å². The van der Waals surface area contributed by atoms with Gasteiger partial charge in [-0.15, -0.1) is 0 Å². The summed E-state index contributed by atoms with van der Waals surface area (Å²) in [5, 5.41) is 21.3. The molecule has 0 aliphatic carbocycles. The maximum Gasteiger partial charge on any atom is 0.280 e. The first-order valence-electron chi connectivity index (χ1n) is 9.49. The number of rotatable bonds is 8. The summed E-state index contributed by atoms with van der Waals surface area (Å²) < 4.78 is 11.1. The lowest BCUT2D eigenvalue weighted by molar-refractivity contribution is -0.385. The lowest BCUT2D eigenvalue weighted by Crippen LogP contribution is -2.04. The van der Waals surface area contributed by atoms with Gasteiger partial charge >= 0.3 is 0 Å². The van der Waals surface area contributed by atoms with Gasteiger partial charge in [0.15, 0.2) is 11.5 Å². The zero-order chi connectivity index (χ0) is 21.7. The molecule has 0 atom stereocenters. The third-order valence-corrected chi connectivity index (χ3v) is 4.53. The number of allylic oxidation sites excluding steroid dienone is 1. The predicted octanol–water partition coefficient (Wildman–Crippen LogP) is 4.97. The van der Waals surface area contributed by atoms with E-state index in [0.29, 0.717) is 35.4 Å². The molecule has 30 heavy (non-hydrogen) atoms. The summed E-state index contributed by atoms with van der Waals surface area (Å²) in [6, 6.07) is 12.3. The number of nitriles is 1. The number of hydrogen-bond donors (Lipinski definition) is 1. The number of aromatic nitrogens is 2. The smallest absolute Gasteiger partial charge is 0.280 e. The van der Waals surface area contributed by atoms with Crippen LogP contribution in [0.1, 0.15) is 31.7 Å². The van der Waals surface area contributed by atoms with Crippen molar-refractivity contribution in [2.24, 2.45) is 5.92 Å². The highest BCUT2D eigenvalue weighted by atomic mass is 16.6. The van der Waals surface area contributed by atoms with Crippen molar-refractivity contribution in [2.45, 2.75) is 20.3 Å². The molecule has 154 valence electrons. The van der Waals surface area contributed by atoms with Crippen molar-refractivity contribution in [2.75, 3.05) is 13.7 Å². The number of ether oxygens (including phenoxy) is 2. The lowest BCUT2D eigenvalue weighted by Gasteiger charge is -2.13. The zero-order valence-corrected chi connectivity index (χ0v) is 17.0. The highest BCUT2D eigenvalue weighted by Gasteiger charge is 2.20. The number of aromatic amines is 1. The predicted molar refractivity (Wildman–Crippen MR) is 114 cm³/mol. The normalized spacial score (nSPS) is 11.5. The van der Waals surface area contributed by atoms with E-state index in [0.717, 1.165) is 11.9 Å². The van der Waals surface area contributed by atoms with E-state index in [1.54, 1.807) is 0 Å². The van der Waals surface area contributed by atoms with Crippen molar-refractivity contribution in [1.82, 2.24) is 9.97 Å². The third kappa shape index (κ3) is 4.58. The van der Waals surface area contributed by atoms with E-state index in [2.05, 4.69) is 29.9 Å². The van der Waals surface area contributed by atoms with Crippen LogP contribution in [0.5, 0.6) is 11.5 Å². The standard InChI is InChI=1S/C22H22N4O4/c1-14(2)8-9-30-21-12-19(26(27)28)15(11-20(21)29-3)10-16(13-23)22-24-17-6-4-5-7-18(17)25-22/h4-7,10-12,14H,8-9H2,1-3H3,(H,24,25). The molecule has 0 amide bonds. The van der Waals surface area contributed by atoms with Gasteiger partial charge in [-0.3, -0.25) is 10.1 Å². The van der Waals surface area contributed by atoms with Gasteiger partial charge in [-0.1, -0.05) is 26.0 Å². The number of para-hydroxylation sites is 2. The Kier molecular flexibility index (Phi) is 6.32. The van der Waals surface area contributed by atoms with Crippen LogP contribution >= 0.6 is 0 Å². The van der Waals surface area contributed by atoms with Crippen LogP contribution < -0.4 is 9.47 Å². The molecule has 0 spiro atoms. The number of nitro benzene ring substituents is 1. The van der Waals surface area contributed by atoms with E-state index in [1.165, 1.54) is 25.3 Å². The van der Waals surface area contributed by atoms with Crippen molar-refractivity contribution < 1.29 is 14.4 Å². The van der Waals surface area contributed by atoms with Crippen LogP contribution in [0.3, 0.4) is 0 Å². The second-order valence-corrected chi connectivity index (χ2v) is 7.12. The Morgan fingerprint density at radius 2 is 2.10 bits per heavy atom. The molecule has 0 saturated heterocycles. The number of H-pyrrole nitrogens is 1. The summed E-state index contributed by atoms with van der Waals surface area (Å²) in [6.07, 6.45) is 2.24. The molecule has 0 bridgehead atoms. The molecular formula is C22H22N4O4. The molecule has 3 aromatic rings. The van der Waals surface area contributed by atoms with Crippen LogP contribution in [-0.4, -0.2) is 28.6 Å². The van der Waals surface area contributed by atoms with Gasteiger partial charge in [-0.05, 0) is 36.6 Å². The number of benzene rings is 2. The van der Waals surface area contributed by atoms with Gasteiger partial charge in [0.05, 0.1) is 46.9 Å². The number of nitro groups is 1. The summed E-state index contributed by atoms with van der Waals surface area (Å²) in [5.41, 5.74) is 1.69. The largest absolute Gasteiger partial charge is 0.493 e. The molecule has 2 aromatic carbocycles. The Labute approximate surface area is 173 Å². The fourth-order valence-corrected chi connectivity index (χ4v) is 2.91. The number of imidazole rings is 1. The number of hydrogen-bond acceptors (Lipinski definition) is 6. The minimum Gasteiger partial charge on any atom is -0.493 e. The average molecular weight is 406 g/mol. The second-order valence-electron chi connectivity index (χ2n) is 7.12. The molecule has 0 radical (unpaired) electrons. The first-order chi connectivity index (χ1) is 14.4. The Bertz CT molecular complexity index is 1110. The van der Waals surface area contributed by atoms with Crippen molar-refractivity contribution in [1.29, 1.82) is 5.26 Å². The Morgan fingerprint density at radius 3 is 2.73 bits per heavy atom. The minimum atomic E-state index is -0.506. The van der Waals surface area contributed by atoms with E-state index in [1.807, 2.05) is 24.3 Å². The van der Waals surface area contributed by atoms with Crippen LogP contribution in [-0.2, 0) is 0 Å². The molecule has 0 unspecified atom stereocenters.